The van der Waals surface area contributed by atoms with Crippen LogP contribution in [-0.4, -0.2) is 17.7 Å². The molecule has 0 fully saturated rings. The van der Waals surface area contributed by atoms with Gasteiger partial charge in [-0.1, -0.05) is 62.4 Å². The summed E-state index contributed by atoms with van der Waals surface area (Å²) in [5, 5.41) is 3.03. The van der Waals surface area contributed by atoms with Crippen molar-refractivity contribution in [2.45, 2.75) is 39.2 Å². The Hall–Kier alpha value is -2.42. The molecule has 0 aromatic heterocycles. The molecule has 0 radical (unpaired) electrons. The minimum atomic E-state index is -0.189. The van der Waals surface area contributed by atoms with Gasteiger partial charge in [-0.2, -0.15) is 0 Å². The molecule has 0 heterocycles. The minimum absolute atomic E-state index is 0.131. The molecule has 2 aromatic rings. The van der Waals surface area contributed by atoms with E-state index in [1.165, 1.54) is 0 Å². The third-order valence-corrected chi connectivity index (χ3v) is 3.81. The molecule has 2 rings (SSSR count). The molecule has 1 atom stereocenters. The molecule has 1 unspecified atom stereocenters. The van der Waals surface area contributed by atoms with Crippen LogP contribution >= 0.6 is 0 Å². The SMILES string of the molecule is CC(C)CC(=O)CC(Cc1ccccc1)NC(=O)c1ccccc1. The van der Waals surface area contributed by atoms with E-state index in [0.29, 0.717) is 30.7 Å². The molecule has 0 spiro atoms. The second-order valence-corrected chi connectivity index (χ2v) is 6.57. The van der Waals surface area contributed by atoms with Crippen LogP contribution < -0.4 is 5.32 Å². The Morgan fingerprint density at radius 3 is 2.04 bits per heavy atom. The summed E-state index contributed by atoms with van der Waals surface area (Å²) in [5.74, 6) is 0.396. The van der Waals surface area contributed by atoms with Gasteiger partial charge in [-0.3, -0.25) is 9.59 Å². The Morgan fingerprint density at radius 2 is 1.46 bits per heavy atom. The smallest absolute Gasteiger partial charge is 0.251 e. The van der Waals surface area contributed by atoms with Gasteiger partial charge in [-0.05, 0) is 30.0 Å². The number of amides is 1. The summed E-state index contributed by atoms with van der Waals surface area (Å²) in [6, 6.07) is 18.9. The van der Waals surface area contributed by atoms with Gasteiger partial charge in [0.15, 0.2) is 0 Å². The zero-order chi connectivity index (χ0) is 17.4. The van der Waals surface area contributed by atoms with E-state index in [9.17, 15) is 9.59 Å². The molecular weight excluding hydrogens is 298 g/mol. The molecule has 0 saturated heterocycles. The Balaban J connectivity index is 2.06. The first-order valence-corrected chi connectivity index (χ1v) is 8.46. The molecule has 2 aromatic carbocycles. The van der Waals surface area contributed by atoms with E-state index in [2.05, 4.69) is 5.32 Å². The molecule has 0 aliphatic rings. The van der Waals surface area contributed by atoms with E-state index in [-0.39, 0.29) is 17.7 Å². The number of benzene rings is 2. The quantitative estimate of drug-likeness (QED) is 0.797. The van der Waals surface area contributed by atoms with E-state index in [1.54, 1.807) is 12.1 Å². The highest BCUT2D eigenvalue weighted by Gasteiger charge is 2.18. The van der Waals surface area contributed by atoms with E-state index in [1.807, 2.05) is 62.4 Å². The van der Waals surface area contributed by atoms with Crippen LogP contribution in [0.5, 0.6) is 0 Å². The van der Waals surface area contributed by atoms with Crippen LogP contribution in [0.4, 0.5) is 0 Å². The standard InChI is InChI=1S/C21H25NO2/c1-16(2)13-20(23)15-19(14-17-9-5-3-6-10-17)22-21(24)18-11-7-4-8-12-18/h3-12,16,19H,13-15H2,1-2H3,(H,22,24). The van der Waals surface area contributed by atoms with Crippen LogP contribution in [0.15, 0.2) is 60.7 Å². The van der Waals surface area contributed by atoms with Gasteiger partial charge < -0.3 is 5.32 Å². The summed E-state index contributed by atoms with van der Waals surface area (Å²) >= 11 is 0. The lowest BCUT2D eigenvalue weighted by Crippen LogP contribution is -2.38. The van der Waals surface area contributed by atoms with Crippen molar-refractivity contribution in [3.05, 3.63) is 71.8 Å². The maximum atomic E-state index is 12.4. The fourth-order valence-electron chi connectivity index (χ4n) is 2.74. The van der Waals surface area contributed by atoms with Gasteiger partial charge in [-0.25, -0.2) is 0 Å². The lowest BCUT2D eigenvalue weighted by molar-refractivity contribution is -0.120. The third kappa shape index (κ3) is 5.99. The van der Waals surface area contributed by atoms with Crippen molar-refractivity contribution in [2.75, 3.05) is 0 Å². The first kappa shape index (κ1) is 17.9. The maximum Gasteiger partial charge on any atom is 0.251 e. The number of carbonyl (C=O) groups is 2. The Labute approximate surface area is 144 Å². The van der Waals surface area contributed by atoms with Crippen molar-refractivity contribution in [2.24, 2.45) is 5.92 Å². The second-order valence-electron chi connectivity index (χ2n) is 6.57. The van der Waals surface area contributed by atoms with E-state index >= 15 is 0 Å². The van der Waals surface area contributed by atoms with Gasteiger partial charge in [0.05, 0.1) is 0 Å². The van der Waals surface area contributed by atoms with Crippen LogP contribution in [0.3, 0.4) is 0 Å². The van der Waals surface area contributed by atoms with Gasteiger partial charge in [0.1, 0.15) is 5.78 Å². The van der Waals surface area contributed by atoms with Gasteiger partial charge in [0, 0.05) is 24.4 Å². The summed E-state index contributed by atoms with van der Waals surface area (Å²) in [4.78, 5) is 24.6. The number of hydrogen-bond donors (Lipinski definition) is 1. The van der Waals surface area contributed by atoms with E-state index in [0.717, 1.165) is 5.56 Å². The lowest BCUT2D eigenvalue weighted by Gasteiger charge is -2.19. The van der Waals surface area contributed by atoms with Crippen molar-refractivity contribution >= 4 is 11.7 Å². The summed E-state index contributed by atoms with van der Waals surface area (Å²) in [6.45, 7) is 4.07. The highest BCUT2D eigenvalue weighted by molar-refractivity contribution is 5.94. The first-order chi connectivity index (χ1) is 11.5. The predicted octanol–water partition coefficient (Wildman–Crippen LogP) is 4.03. The normalized spacial score (nSPS) is 12.0. The molecule has 3 nitrogen and oxygen atoms in total. The van der Waals surface area contributed by atoms with Crippen LogP contribution in [0.25, 0.3) is 0 Å². The minimum Gasteiger partial charge on any atom is -0.349 e. The van der Waals surface area contributed by atoms with Crippen molar-refractivity contribution in [3.8, 4) is 0 Å². The van der Waals surface area contributed by atoms with Crippen molar-refractivity contribution < 1.29 is 9.59 Å². The van der Waals surface area contributed by atoms with Gasteiger partial charge in [-0.15, -0.1) is 0 Å². The van der Waals surface area contributed by atoms with Gasteiger partial charge in [0.25, 0.3) is 5.91 Å². The van der Waals surface area contributed by atoms with Crippen molar-refractivity contribution in [1.82, 2.24) is 5.32 Å². The molecule has 0 aliphatic carbocycles. The van der Waals surface area contributed by atoms with E-state index < -0.39 is 0 Å². The summed E-state index contributed by atoms with van der Waals surface area (Å²) in [5.41, 5.74) is 1.74. The van der Waals surface area contributed by atoms with Gasteiger partial charge >= 0.3 is 0 Å². The Bertz CT molecular complexity index is 650. The number of carbonyl (C=O) groups excluding carboxylic acids is 2. The highest BCUT2D eigenvalue weighted by atomic mass is 16.2. The lowest BCUT2D eigenvalue weighted by atomic mass is 9.97. The average molecular weight is 323 g/mol. The number of nitrogens with one attached hydrogen (secondary N) is 1. The predicted molar refractivity (Wildman–Crippen MR) is 96.9 cm³/mol. The molecule has 0 saturated carbocycles. The number of hydrogen-bond acceptors (Lipinski definition) is 2. The maximum absolute atomic E-state index is 12.4. The van der Waals surface area contributed by atoms with Crippen LogP contribution in [0.2, 0.25) is 0 Å². The van der Waals surface area contributed by atoms with Crippen LogP contribution in [-0.2, 0) is 11.2 Å². The monoisotopic (exact) mass is 323 g/mol. The number of rotatable bonds is 8. The molecule has 24 heavy (non-hydrogen) atoms. The molecule has 1 amide bonds. The Morgan fingerprint density at radius 1 is 0.875 bits per heavy atom. The average Bonchev–Trinajstić information content (AvgIpc) is 2.55. The zero-order valence-corrected chi connectivity index (χ0v) is 14.4. The summed E-state index contributed by atoms with van der Waals surface area (Å²) in [6.07, 6.45) is 1.57. The van der Waals surface area contributed by atoms with Gasteiger partial charge in [0.2, 0.25) is 0 Å². The summed E-state index contributed by atoms with van der Waals surface area (Å²) < 4.78 is 0. The first-order valence-electron chi connectivity index (χ1n) is 8.46. The summed E-state index contributed by atoms with van der Waals surface area (Å²) in [7, 11) is 0. The highest BCUT2D eigenvalue weighted by Crippen LogP contribution is 2.11. The van der Waals surface area contributed by atoms with E-state index in [4.69, 9.17) is 0 Å². The molecule has 3 heteroatoms. The van der Waals surface area contributed by atoms with Crippen LogP contribution in [0, 0.1) is 5.92 Å². The molecule has 0 aliphatic heterocycles. The van der Waals surface area contributed by atoms with Crippen LogP contribution in [0.1, 0.15) is 42.6 Å². The molecular formula is C21H25NO2. The number of Topliss-reactive ketones (excluding diaryl/α,β-unsaturated/α-hetero) is 1. The zero-order valence-electron chi connectivity index (χ0n) is 14.4. The largest absolute Gasteiger partial charge is 0.349 e. The number of ketones is 1. The Kier molecular flexibility index (Phi) is 6.74. The molecule has 0 bridgehead atoms. The molecule has 1 N–H and O–H groups in total. The van der Waals surface area contributed by atoms with Crippen molar-refractivity contribution in [3.63, 3.8) is 0 Å². The molecule has 126 valence electrons. The fraction of sp³-hybridized carbons (Fsp3) is 0.333. The topological polar surface area (TPSA) is 46.2 Å². The fourth-order valence-corrected chi connectivity index (χ4v) is 2.74. The second kappa shape index (κ2) is 9.02. The van der Waals surface area contributed by atoms with Crippen molar-refractivity contribution in [1.29, 1.82) is 0 Å². The third-order valence-electron chi connectivity index (χ3n) is 3.81.